The molecule has 0 unspecified atom stereocenters. The van der Waals surface area contributed by atoms with Crippen molar-refractivity contribution >= 4 is 29.3 Å². The Bertz CT molecular complexity index is 778. The van der Waals surface area contributed by atoms with E-state index in [1.807, 2.05) is 42.6 Å². The summed E-state index contributed by atoms with van der Waals surface area (Å²) in [5.74, 6) is 1.04. The van der Waals surface area contributed by atoms with Gasteiger partial charge < -0.3 is 14.2 Å². The van der Waals surface area contributed by atoms with E-state index in [2.05, 4.69) is 4.99 Å². The Balaban J connectivity index is 1.98. The molecule has 5 nitrogen and oxygen atoms in total. The number of cyclic esters (lactones) is 1. The van der Waals surface area contributed by atoms with Gasteiger partial charge in [-0.05, 0) is 30.5 Å². The van der Waals surface area contributed by atoms with E-state index in [1.165, 1.54) is 11.3 Å². The van der Waals surface area contributed by atoms with Crippen molar-refractivity contribution in [1.29, 1.82) is 0 Å². The third kappa shape index (κ3) is 3.12. The van der Waals surface area contributed by atoms with Crippen LogP contribution in [0.25, 0.3) is 6.08 Å². The quantitative estimate of drug-likeness (QED) is 0.622. The molecule has 6 heteroatoms. The van der Waals surface area contributed by atoms with Crippen molar-refractivity contribution in [3.8, 4) is 11.5 Å². The van der Waals surface area contributed by atoms with Crippen molar-refractivity contribution in [3.63, 3.8) is 0 Å². The first-order chi connectivity index (χ1) is 11.2. The van der Waals surface area contributed by atoms with E-state index in [0.29, 0.717) is 29.6 Å². The molecule has 0 N–H and O–H groups in total. The molecule has 2 aromatic rings. The molecule has 0 amide bonds. The van der Waals surface area contributed by atoms with Crippen LogP contribution in [0, 0.1) is 0 Å². The van der Waals surface area contributed by atoms with Crippen molar-refractivity contribution in [1.82, 2.24) is 0 Å². The van der Waals surface area contributed by atoms with Crippen LogP contribution in [-0.2, 0) is 9.53 Å². The Morgan fingerprint density at radius 3 is 2.87 bits per heavy atom. The maximum Gasteiger partial charge on any atom is 0.363 e. The second kappa shape index (κ2) is 6.66. The predicted molar refractivity (Wildman–Crippen MR) is 89.1 cm³/mol. The number of rotatable bonds is 5. The average Bonchev–Trinajstić information content (AvgIpc) is 3.18. The van der Waals surface area contributed by atoms with E-state index in [1.54, 1.807) is 13.2 Å². The number of methoxy groups -OCH3 is 1. The second-order valence-electron chi connectivity index (χ2n) is 4.62. The molecular weight excluding hydrogens is 314 g/mol. The molecule has 3 rings (SSSR count). The van der Waals surface area contributed by atoms with Crippen LogP contribution >= 0.6 is 11.3 Å². The number of ether oxygens (including phenoxy) is 3. The minimum Gasteiger partial charge on any atom is -0.492 e. The predicted octanol–water partition coefficient (Wildman–Crippen LogP) is 3.50. The Morgan fingerprint density at radius 1 is 1.30 bits per heavy atom. The number of carbonyl (C=O) groups excluding carboxylic acids is 1. The molecule has 0 radical (unpaired) electrons. The summed E-state index contributed by atoms with van der Waals surface area (Å²) in [4.78, 5) is 17.1. The molecule has 1 aromatic carbocycles. The lowest BCUT2D eigenvalue weighted by Gasteiger charge is -2.11. The van der Waals surface area contributed by atoms with Crippen LogP contribution in [0.4, 0.5) is 0 Å². The molecule has 0 saturated heterocycles. The first-order valence-electron chi connectivity index (χ1n) is 7.09. The summed E-state index contributed by atoms with van der Waals surface area (Å²) in [6, 6.07) is 9.23. The van der Waals surface area contributed by atoms with Crippen molar-refractivity contribution in [2.75, 3.05) is 13.7 Å². The number of hydrogen-bond acceptors (Lipinski definition) is 6. The highest BCUT2D eigenvalue weighted by atomic mass is 32.1. The monoisotopic (exact) mass is 329 g/mol. The lowest BCUT2D eigenvalue weighted by Crippen LogP contribution is -2.03. The SMILES string of the molecule is CCOc1cccc(/C=C2\N=C(c3cccs3)OC2=O)c1OC. The molecule has 0 saturated carbocycles. The van der Waals surface area contributed by atoms with Crippen molar-refractivity contribution in [2.24, 2.45) is 4.99 Å². The average molecular weight is 329 g/mol. The van der Waals surface area contributed by atoms with Gasteiger partial charge in [0.25, 0.3) is 0 Å². The number of hydrogen-bond donors (Lipinski definition) is 0. The summed E-state index contributed by atoms with van der Waals surface area (Å²) in [6.45, 7) is 2.43. The number of para-hydroxylation sites is 1. The second-order valence-corrected chi connectivity index (χ2v) is 5.57. The Hall–Kier alpha value is -2.60. The third-order valence-electron chi connectivity index (χ3n) is 3.16. The summed E-state index contributed by atoms with van der Waals surface area (Å²) in [6.07, 6.45) is 1.64. The van der Waals surface area contributed by atoms with Crippen LogP contribution in [0.1, 0.15) is 17.4 Å². The minimum atomic E-state index is -0.475. The number of aliphatic imine (C=N–C) groups is 1. The van der Waals surface area contributed by atoms with Gasteiger partial charge in [0.15, 0.2) is 17.2 Å². The van der Waals surface area contributed by atoms with E-state index in [0.717, 1.165) is 4.88 Å². The van der Waals surface area contributed by atoms with Gasteiger partial charge in [0.05, 0.1) is 18.6 Å². The Kier molecular flexibility index (Phi) is 4.43. The molecule has 23 heavy (non-hydrogen) atoms. The van der Waals surface area contributed by atoms with Gasteiger partial charge in [-0.25, -0.2) is 9.79 Å². The van der Waals surface area contributed by atoms with Gasteiger partial charge in [0.1, 0.15) is 0 Å². The first kappa shape index (κ1) is 15.3. The van der Waals surface area contributed by atoms with E-state index < -0.39 is 5.97 Å². The normalized spacial score (nSPS) is 15.5. The smallest absolute Gasteiger partial charge is 0.363 e. The highest BCUT2D eigenvalue weighted by molar-refractivity contribution is 7.12. The van der Waals surface area contributed by atoms with Gasteiger partial charge in [-0.3, -0.25) is 0 Å². The maximum atomic E-state index is 12.0. The summed E-state index contributed by atoms with van der Waals surface area (Å²) in [7, 11) is 1.56. The standard InChI is InChI=1S/C17H15NO4S/c1-3-21-13-7-4-6-11(15(13)20-2)10-12-17(19)22-16(18-12)14-8-5-9-23-14/h4-10H,3H2,1-2H3/b12-10-. The van der Waals surface area contributed by atoms with Crippen molar-refractivity contribution in [3.05, 3.63) is 51.8 Å². The maximum absolute atomic E-state index is 12.0. The molecular formula is C17H15NO4S. The number of carbonyl (C=O) groups is 1. The molecule has 0 bridgehead atoms. The fourth-order valence-corrected chi connectivity index (χ4v) is 2.85. The Labute approximate surface area is 137 Å². The lowest BCUT2D eigenvalue weighted by atomic mass is 10.1. The zero-order valence-electron chi connectivity index (χ0n) is 12.7. The number of nitrogens with zero attached hydrogens (tertiary/aromatic N) is 1. The highest BCUT2D eigenvalue weighted by Gasteiger charge is 2.25. The van der Waals surface area contributed by atoms with Gasteiger partial charge in [-0.15, -0.1) is 11.3 Å². The largest absolute Gasteiger partial charge is 0.492 e. The Morgan fingerprint density at radius 2 is 2.17 bits per heavy atom. The topological polar surface area (TPSA) is 57.1 Å². The van der Waals surface area contributed by atoms with Crippen LogP contribution in [-0.4, -0.2) is 25.6 Å². The molecule has 0 fully saturated rings. The van der Waals surface area contributed by atoms with Gasteiger partial charge in [-0.2, -0.15) is 0 Å². The number of thiophene rings is 1. The summed E-state index contributed by atoms with van der Waals surface area (Å²) in [5.41, 5.74) is 0.946. The third-order valence-corrected chi connectivity index (χ3v) is 4.02. The summed E-state index contributed by atoms with van der Waals surface area (Å²) in [5, 5.41) is 1.90. The lowest BCUT2D eigenvalue weighted by molar-refractivity contribution is -0.129. The van der Waals surface area contributed by atoms with Gasteiger partial charge >= 0.3 is 5.97 Å². The van der Waals surface area contributed by atoms with Crippen molar-refractivity contribution < 1.29 is 19.0 Å². The van der Waals surface area contributed by atoms with E-state index in [9.17, 15) is 4.79 Å². The van der Waals surface area contributed by atoms with E-state index >= 15 is 0 Å². The van der Waals surface area contributed by atoms with Gasteiger partial charge in [0.2, 0.25) is 5.90 Å². The van der Waals surface area contributed by atoms with Crippen LogP contribution in [0.5, 0.6) is 11.5 Å². The number of esters is 1. The molecule has 1 aromatic heterocycles. The minimum absolute atomic E-state index is 0.236. The summed E-state index contributed by atoms with van der Waals surface area (Å²) >= 11 is 1.47. The fourth-order valence-electron chi connectivity index (χ4n) is 2.20. The zero-order chi connectivity index (χ0) is 16.2. The molecule has 0 atom stereocenters. The zero-order valence-corrected chi connectivity index (χ0v) is 13.6. The molecule has 1 aliphatic rings. The van der Waals surface area contributed by atoms with Crippen LogP contribution < -0.4 is 9.47 Å². The van der Waals surface area contributed by atoms with Crippen LogP contribution in [0.3, 0.4) is 0 Å². The molecule has 0 spiro atoms. The molecule has 2 heterocycles. The molecule has 1 aliphatic heterocycles. The van der Waals surface area contributed by atoms with Crippen LogP contribution in [0.15, 0.2) is 46.4 Å². The molecule has 0 aliphatic carbocycles. The van der Waals surface area contributed by atoms with Gasteiger partial charge in [0, 0.05) is 5.56 Å². The fraction of sp³-hybridized carbons (Fsp3) is 0.176. The molecule has 118 valence electrons. The van der Waals surface area contributed by atoms with Crippen LogP contribution in [0.2, 0.25) is 0 Å². The van der Waals surface area contributed by atoms with E-state index in [-0.39, 0.29) is 5.70 Å². The number of benzene rings is 1. The van der Waals surface area contributed by atoms with E-state index in [4.69, 9.17) is 14.2 Å². The van der Waals surface area contributed by atoms with Gasteiger partial charge in [-0.1, -0.05) is 18.2 Å². The van der Waals surface area contributed by atoms with Crippen molar-refractivity contribution in [2.45, 2.75) is 6.92 Å². The highest BCUT2D eigenvalue weighted by Crippen LogP contribution is 2.33. The first-order valence-corrected chi connectivity index (χ1v) is 7.97. The summed E-state index contributed by atoms with van der Waals surface area (Å²) < 4.78 is 16.2.